The Morgan fingerprint density at radius 2 is 2.17 bits per heavy atom. The average molecular weight is 248 g/mol. The van der Waals surface area contributed by atoms with Gasteiger partial charge < -0.3 is 9.73 Å². The lowest BCUT2D eigenvalue weighted by Crippen LogP contribution is -2.41. The van der Waals surface area contributed by atoms with Gasteiger partial charge in [-0.1, -0.05) is 0 Å². The molecular formula is C15H24N2O. The van der Waals surface area contributed by atoms with E-state index in [1.807, 2.05) is 6.26 Å². The van der Waals surface area contributed by atoms with Crippen molar-refractivity contribution in [1.29, 1.82) is 0 Å². The van der Waals surface area contributed by atoms with E-state index in [9.17, 15) is 0 Å². The minimum atomic E-state index is 0.501. The smallest absolute Gasteiger partial charge is 0.0950 e. The number of likely N-dealkylation sites (tertiary alicyclic amines) is 1. The van der Waals surface area contributed by atoms with Crippen molar-refractivity contribution in [2.75, 3.05) is 19.6 Å². The Labute approximate surface area is 110 Å². The SMILES string of the molecule is CC(c1ccoc1)N1CCC(C2CCCN2)CC1. The first-order chi connectivity index (χ1) is 8.84. The second-order valence-electron chi connectivity index (χ2n) is 5.81. The van der Waals surface area contributed by atoms with E-state index in [0.717, 1.165) is 12.0 Å². The van der Waals surface area contributed by atoms with Crippen LogP contribution < -0.4 is 5.32 Å². The van der Waals surface area contributed by atoms with E-state index in [0.29, 0.717) is 6.04 Å². The van der Waals surface area contributed by atoms with Gasteiger partial charge in [-0.15, -0.1) is 0 Å². The maximum Gasteiger partial charge on any atom is 0.0950 e. The molecule has 0 spiro atoms. The Morgan fingerprint density at radius 3 is 2.78 bits per heavy atom. The molecule has 2 unspecified atom stereocenters. The summed E-state index contributed by atoms with van der Waals surface area (Å²) in [5.74, 6) is 0.903. The van der Waals surface area contributed by atoms with Crippen LogP contribution in [0.5, 0.6) is 0 Å². The Kier molecular flexibility index (Phi) is 3.71. The van der Waals surface area contributed by atoms with Crippen molar-refractivity contribution in [3.05, 3.63) is 24.2 Å². The lowest BCUT2D eigenvalue weighted by atomic mass is 9.88. The third-order valence-corrected chi connectivity index (χ3v) is 4.81. The maximum absolute atomic E-state index is 5.19. The number of nitrogens with one attached hydrogen (secondary N) is 1. The normalized spacial score (nSPS) is 28.6. The van der Waals surface area contributed by atoms with Crippen LogP contribution in [0.15, 0.2) is 23.0 Å². The van der Waals surface area contributed by atoms with E-state index in [-0.39, 0.29) is 0 Å². The molecular weight excluding hydrogens is 224 g/mol. The number of hydrogen-bond donors (Lipinski definition) is 1. The standard InChI is InChI=1S/C15H24N2O/c1-12(14-6-10-18-11-14)17-8-4-13(5-9-17)15-3-2-7-16-15/h6,10-13,15-16H,2-5,7-9H2,1H3. The maximum atomic E-state index is 5.19. The number of rotatable bonds is 3. The van der Waals surface area contributed by atoms with Crippen LogP contribution in [0.25, 0.3) is 0 Å². The lowest BCUT2D eigenvalue weighted by Gasteiger charge is -2.37. The Hall–Kier alpha value is -0.800. The molecule has 1 aromatic heterocycles. The van der Waals surface area contributed by atoms with Crippen molar-refractivity contribution in [3.63, 3.8) is 0 Å². The fourth-order valence-corrected chi connectivity index (χ4v) is 3.55. The molecule has 3 heteroatoms. The van der Waals surface area contributed by atoms with E-state index in [1.165, 1.54) is 50.9 Å². The van der Waals surface area contributed by atoms with Crippen molar-refractivity contribution >= 4 is 0 Å². The van der Waals surface area contributed by atoms with E-state index in [1.54, 1.807) is 6.26 Å². The summed E-state index contributed by atoms with van der Waals surface area (Å²) in [7, 11) is 0. The van der Waals surface area contributed by atoms with Crippen LogP contribution in [0.4, 0.5) is 0 Å². The zero-order chi connectivity index (χ0) is 12.4. The predicted molar refractivity (Wildman–Crippen MR) is 72.4 cm³/mol. The third-order valence-electron chi connectivity index (χ3n) is 4.81. The molecule has 3 heterocycles. The summed E-state index contributed by atoms with van der Waals surface area (Å²) in [6.45, 7) is 5.99. The molecule has 0 aliphatic carbocycles. The number of furan rings is 1. The van der Waals surface area contributed by atoms with Crippen molar-refractivity contribution in [2.24, 2.45) is 5.92 Å². The summed E-state index contributed by atoms with van der Waals surface area (Å²) in [6.07, 6.45) is 9.12. The average Bonchev–Trinajstić information content (AvgIpc) is 3.11. The summed E-state index contributed by atoms with van der Waals surface area (Å²) in [4.78, 5) is 2.59. The summed E-state index contributed by atoms with van der Waals surface area (Å²) in [5.41, 5.74) is 1.31. The minimum Gasteiger partial charge on any atom is -0.472 e. The summed E-state index contributed by atoms with van der Waals surface area (Å²) < 4.78 is 5.19. The zero-order valence-corrected chi connectivity index (χ0v) is 11.3. The van der Waals surface area contributed by atoms with Gasteiger partial charge in [-0.05, 0) is 64.2 Å². The molecule has 0 bridgehead atoms. The summed E-state index contributed by atoms with van der Waals surface area (Å²) in [6, 6.07) is 3.40. The third kappa shape index (κ3) is 2.47. The van der Waals surface area contributed by atoms with Gasteiger partial charge in [0.2, 0.25) is 0 Å². The van der Waals surface area contributed by atoms with Crippen LogP contribution in [0.1, 0.15) is 44.2 Å². The first-order valence-corrected chi connectivity index (χ1v) is 7.34. The first-order valence-electron chi connectivity index (χ1n) is 7.34. The van der Waals surface area contributed by atoms with Gasteiger partial charge >= 0.3 is 0 Å². The Balaban J connectivity index is 1.53. The molecule has 0 aromatic carbocycles. The monoisotopic (exact) mass is 248 g/mol. The van der Waals surface area contributed by atoms with E-state index < -0.39 is 0 Å². The van der Waals surface area contributed by atoms with Gasteiger partial charge in [-0.3, -0.25) is 4.90 Å². The second-order valence-corrected chi connectivity index (χ2v) is 5.81. The molecule has 2 fully saturated rings. The van der Waals surface area contributed by atoms with Gasteiger partial charge in [0.05, 0.1) is 12.5 Å². The number of piperidine rings is 1. The molecule has 2 saturated heterocycles. The van der Waals surface area contributed by atoms with Crippen LogP contribution in [0.2, 0.25) is 0 Å². The molecule has 3 nitrogen and oxygen atoms in total. The molecule has 1 N–H and O–H groups in total. The summed E-state index contributed by atoms with van der Waals surface area (Å²) in [5, 5.41) is 3.66. The first kappa shape index (κ1) is 12.2. The van der Waals surface area contributed by atoms with Crippen molar-refractivity contribution in [3.8, 4) is 0 Å². The van der Waals surface area contributed by atoms with Gasteiger partial charge in [-0.25, -0.2) is 0 Å². The molecule has 0 saturated carbocycles. The van der Waals surface area contributed by atoms with E-state index in [2.05, 4.69) is 23.2 Å². The van der Waals surface area contributed by atoms with Gasteiger partial charge in [0.15, 0.2) is 0 Å². The summed E-state index contributed by atoms with van der Waals surface area (Å²) >= 11 is 0. The molecule has 2 aliphatic rings. The molecule has 2 aliphatic heterocycles. The highest BCUT2D eigenvalue weighted by atomic mass is 16.3. The van der Waals surface area contributed by atoms with Crippen molar-refractivity contribution in [2.45, 2.75) is 44.7 Å². The predicted octanol–water partition coefficient (Wildman–Crippen LogP) is 2.80. The molecule has 0 radical (unpaired) electrons. The quantitative estimate of drug-likeness (QED) is 0.891. The van der Waals surface area contributed by atoms with Crippen LogP contribution in [-0.4, -0.2) is 30.6 Å². The topological polar surface area (TPSA) is 28.4 Å². The van der Waals surface area contributed by atoms with Crippen LogP contribution in [0.3, 0.4) is 0 Å². The number of hydrogen-bond acceptors (Lipinski definition) is 3. The minimum absolute atomic E-state index is 0.501. The highest BCUT2D eigenvalue weighted by molar-refractivity contribution is 5.11. The van der Waals surface area contributed by atoms with Gasteiger partial charge in [0, 0.05) is 17.6 Å². The van der Waals surface area contributed by atoms with E-state index in [4.69, 9.17) is 4.42 Å². The second kappa shape index (κ2) is 5.45. The van der Waals surface area contributed by atoms with Crippen LogP contribution in [0, 0.1) is 5.92 Å². The van der Waals surface area contributed by atoms with Gasteiger partial charge in [0.25, 0.3) is 0 Å². The van der Waals surface area contributed by atoms with Crippen molar-refractivity contribution in [1.82, 2.24) is 10.2 Å². The van der Waals surface area contributed by atoms with Crippen molar-refractivity contribution < 1.29 is 4.42 Å². The Bertz CT molecular complexity index is 349. The molecule has 18 heavy (non-hydrogen) atoms. The highest BCUT2D eigenvalue weighted by Gasteiger charge is 2.30. The molecule has 0 amide bonds. The fraction of sp³-hybridized carbons (Fsp3) is 0.733. The largest absolute Gasteiger partial charge is 0.472 e. The Morgan fingerprint density at radius 1 is 1.33 bits per heavy atom. The fourth-order valence-electron chi connectivity index (χ4n) is 3.55. The van der Waals surface area contributed by atoms with Crippen LogP contribution in [-0.2, 0) is 0 Å². The molecule has 2 atom stereocenters. The highest BCUT2D eigenvalue weighted by Crippen LogP contribution is 2.30. The number of nitrogens with zero attached hydrogens (tertiary/aromatic N) is 1. The molecule has 1 aromatic rings. The molecule has 100 valence electrons. The zero-order valence-electron chi connectivity index (χ0n) is 11.3. The van der Waals surface area contributed by atoms with Gasteiger partial charge in [-0.2, -0.15) is 0 Å². The molecule has 3 rings (SSSR count). The van der Waals surface area contributed by atoms with Crippen LogP contribution >= 0.6 is 0 Å². The van der Waals surface area contributed by atoms with E-state index >= 15 is 0 Å². The van der Waals surface area contributed by atoms with Gasteiger partial charge in [0.1, 0.15) is 0 Å². The lowest BCUT2D eigenvalue weighted by molar-refractivity contribution is 0.126.